The highest BCUT2D eigenvalue weighted by molar-refractivity contribution is 6.11. The number of hydrogen-bond donors (Lipinski definition) is 2. The highest BCUT2D eigenvalue weighted by Gasteiger charge is 2.65. The summed E-state index contributed by atoms with van der Waals surface area (Å²) in [4.78, 5) is 15.5. The molecule has 2 aromatic heterocycles. The lowest BCUT2D eigenvalue weighted by Gasteiger charge is -2.26. The van der Waals surface area contributed by atoms with Gasteiger partial charge in [0, 0.05) is 29.4 Å². The fourth-order valence-corrected chi connectivity index (χ4v) is 5.21. The Hall–Kier alpha value is -3.53. The fourth-order valence-electron chi connectivity index (χ4n) is 5.21. The van der Waals surface area contributed by atoms with E-state index in [1.54, 1.807) is 12.1 Å². The molecule has 7 nitrogen and oxygen atoms in total. The number of para-hydroxylation sites is 1. The van der Waals surface area contributed by atoms with Crippen LogP contribution in [0.5, 0.6) is 0 Å². The summed E-state index contributed by atoms with van der Waals surface area (Å²) in [6.45, 7) is 4.15. The van der Waals surface area contributed by atoms with E-state index in [0.717, 1.165) is 41.6 Å². The Bertz CT molecular complexity index is 1450. The van der Waals surface area contributed by atoms with Crippen LogP contribution in [-0.2, 0) is 12.1 Å². The second kappa shape index (κ2) is 9.41. The summed E-state index contributed by atoms with van der Waals surface area (Å²) in [5.41, 5.74) is -0.0806. The molecule has 1 saturated heterocycles. The standard InChI is InChI=1S/C27H28F3N7/c28-27(29,30)26(35-36-26)19-9-6-8-18(16-19)17-22-33-24(31-12-7-15-37-13-4-1-5-14-37)23-20-10-2-3-11-21(20)32-25(23)34-22/h2-3,6,8-11,16H,1,4-5,7,12-15,17H2,(H2,31,32,33,34). The number of rotatable bonds is 8. The van der Waals surface area contributed by atoms with E-state index in [2.05, 4.69) is 25.4 Å². The van der Waals surface area contributed by atoms with Crippen LogP contribution in [0.2, 0.25) is 0 Å². The molecular weight excluding hydrogens is 479 g/mol. The van der Waals surface area contributed by atoms with Crippen molar-refractivity contribution in [3.05, 3.63) is 65.5 Å². The first-order valence-corrected chi connectivity index (χ1v) is 12.8. The van der Waals surface area contributed by atoms with Gasteiger partial charge in [-0.15, -0.1) is 10.2 Å². The summed E-state index contributed by atoms with van der Waals surface area (Å²) in [7, 11) is 0. The van der Waals surface area contributed by atoms with Gasteiger partial charge in [0.2, 0.25) is 0 Å². The van der Waals surface area contributed by atoms with E-state index in [4.69, 9.17) is 9.97 Å². The molecule has 0 spiro atoms. The number of aromatic amines is 1. The molecule has 2 aliphatic rings. The Balaban J connectivity index is 1.27. The first kappa shape index (κ1) is 23.8. The average molecular weight is 508 g/mol. The largest absolute Gasteiger partial charge is 0.442 e. The Morgan fingerprint density at radius 2 is 1.78 bits per heavy atom. The van der Waals surface area contributed by atoms with Crippen LogP contribution < -0.4 is 5.32 Å². The van der Waals surface area contributed by atoms with E-state index in [-0.39, 0.29) is 12.0 Å². The van der Waals surface area contributed by atoms with Gasteiger partial charge in [0.15, 0.2) is 0 Å². The first-order chi connectivity index (χ1) is 17.9. The molecule has 0 atom stereocenters. The number of fused-ring (bicyclic) bond motifs is 3. The predicted octanol–water partition coefficient (Wildman–Crippen LogP) is 6.17. The second-order valence-corrected chi connectivity index (χ2v) is 9.81. The van der Waals surface area contributed by atoms with Crippen LogP contribution in [0.15, 0.2) is 58.8 Å². The third kappa shape index (κ3) is 4.66. The molecule has 2 aromatic carbocycles. The molecule has 4 aromatic rings. The zero-order valence-electron chi connectivity index (χ0n) is 20.4. The van der Waals surface area contributed by atoms with Crippen molar-refractivity contribution in [1.29, 1.82) is 0 Å². The molecule has 192 valence electrons. The first-order valence-electron chi connectivity index (χ1n) is 12.8. The van der Waals surface area contributed by atoms with Crippen LogP contribution in [-0.4, -0.2) is 52.2 Å². The normalized spacial score (nSPS) is 17.5. The maximum Gasteiger partial charge on any atom is 0.442 e. The number of anilines is 1. The Labute approximate surface area is 212 Å². The lowest BCUT2D eigenvalue weighted by Crippen LogP contribution is -2.31. The molecule has 0 saturated carbocycles. The van der Waals surface area contributed by atoms with Crippen molar-refractivity contribution in [2.75, 3.05) is 31.5 Å². The van der Waals surface area contributed by atoms with Crippen molar-refractivity contribution in [1.82, 2.24) is 19.9 Å². The molecule has 10 heteroatoms. The monoisotopic (exact) mass is 507 g/mol. The number of nitrogens with one attached hydrogen (secondary N) is 2. The molecule has 0 aliphatic carbocycles. The van der Waals surface area contributed by atoms with E-state index in [0.29, 0.717) is 17.0 Å². The molecule has 1 fully saturated rings. The summed E-state index contributed by atoms with van der Waals surface area (Å²) >= 11 is 0. The van der Waals surface area contributed by atoms with E-state index in [9.17, 15) is 13.2 Å². The number of nitrogens with zero attached hydrogens (tertiary/aromatic N) is 5. The summed E-state index contributed by atoms with van der Waals surface area (Å²) in [6.07, 6.45) is 0.586. The Morgan fingerprint density at radius 3 is 2.57 bits per heavy atom. The van der Waals surface area contributed by atoms with E-state index in [1.165, 1.54) is 44.5 Å². The SMILES string of the molecule is FC(F)(F)C1(c2cccc(Cc3nc(NCCCN4CCCCC4)c4c(n3)[nH]c3ccccc34)c2)N=N1. The van der Waals surface area contributed by atoms with Crippen molar-refractivity contribution in [3.8, 4) is 0 Å². The summed E-state index contributed by atoms with van der Waals surface area (Å²) < 4.78 is 40.5. The summed E-state index contributed by atoms with van der Waals surface area (Å²) in [6, 6.07) is 14.3. The van der Waals surface area contributed by atoms with Gasteiger partial charge in [0.25, 0.3) is 0 Å². The van der Waals surface area contributed by atoms with Gasteiger partial charge in [-0.05, 0) is 50.5 Å². The third-order valence-corrected chi connectivity index (χ3v) is 7.18. The summed E-state index contributed by atoms with van der Waals surface area (Å²) in [5.74, 6) is 1.27. The molecule has 2 N–H and O–H groups in total. The second-order valence-electron chi connectivity index (χ2n) is 9.81. The van der Waals surface area contributed by atoms with E-state index < -0.39 is 11.8 Å². The van der Waals surface area contributed by atoms with Gasteiger partial charge in [-0.25, -0.2) is 9.97 Å². The molecule has 0 amide bonds. The zero-order chi connectivity index (χ0) is 25.5. The highest BCUT2D eigenvalue weighted by Crippen LogP contribution is 2.52. The van der Waals surface area contributed by atoms with Crippen molar-refractivity contribution < 1.29 is 13.2 Å². The van der Waals surface area contributed by atoms with Crippen molar-refractivity contribution in [3.63, 3.8) is 0 Å². The van der Waals surface area contributed by atoms with Crippen molar-refractivity contribution >= 4 is 27.8 Å². The number of halogens is 3. The Morgan fingerprint density at radius 1 is 0.973 bits per heavy atom. The topological polar surface area (TPSA) is 81.6 Å². The lowest BCUT2D eigenvalue weighted by molar-refractivity contribution is -0.166. The van der Waals surface area contributed by atoms with Crippen molar-refractivity contribution in [2.45, 2.75) is 43.9 Å². The smallest absolute Gasteiger partial charge is 0.369 e. The molecule has 0 bridgehead atoms. The number of alkyl halides is 3. The van der Waals surface area contributed by atoms with E-state index in [1.807, 2.05) is 24.3 Å². The van der Waals surface area contributed by atoms with Gasteiger partial charge in [-0.2, -0.15) is 13.2 Å². The fraction of sp³-hybridized carbons (Fsp3) is 0.407. The molecular formula is C27H28F3N7. The van der Waals surface area contributed by atoms with Gasteiger partial charge >= 0.3 is 11.8 Å². The number of hydrogen-bond acceptors (Lipinski definition) is 6. The van der Waals surface area contributed by atoms with Crippen LogP contribution in [0, 0.1) is 0 Å². The van der Waals surface area contributed by atoms with Crippen LogP contribution in [0.1, 0.15) is 42.6 Å². The number of likely N-dealkylation sites (tertiary alicyclic amines) is 1. The Kier molecular flexibility index (Phi) is 6.06. The predicted molar refractivity (Wildman–Crippen MR) is 137 cm³/mol. The molecule has 6 rings (SSSR count). The summed E-state index contributed by atoms with van der Waals surface area (Å²) in [5, 5.41) is 12.1. The highest BCUT2D eigenvalue weighted by atomic mass is 19.4. The van der Waals surface area contributed by atoms with Gasteiger partial charge in [-0.3, -0.25) is 0 Å². The van der Waals surface area contributed by atoms with Gasteiger partial charge < -0.3 is 15.2 Å². The molecule has 37 heavy (non-hydrogen) atoms. The van der Waals surface area contributed by atoms with Gasteiger partial charge in [-0.1, -0.05) is 48.9 Å². The number of H-pyrrole nitrogens is 1. The number of piperidine rings is 1. The third-order valence-electron chi connectivity index (χ3n) is 7.18. The number of benzene rings is 2. The van der Waals surface area contributed by atoms with Crippen LogP contribution >= 0.6 is 0 Å². The molecule has 4 heterocycles. The van der Waals surface area contributed by atoms with E-state index >= 15 is 0 Å². The molecule has 2 aliphatic heterocycles. The quantitative estimate of drug-likeness (QED) is 0.280. The van der Waals surface area contributed by atoms with Crippen LogP contribution in [0.4, 0.5) is 19.0 Å². The lowest BCUT2D eigenvalue weighted by atomic mass is 9.99. The minimum absolute atomic E-state index is 0.0141. The van der Waals surface area contributed by atoms with Gasteiger partial charge in [0.05, 0.1) is 5.39 Å². The maximum atomic E-state index is 13.5. The zero-order valence-corrected chi connectivity index (χ0v) is 20.4. The van der Waals surface area contributed by atoms with Crippen molar-refractivity contribution in [2.24, 2.45) is 10.2 Å². The van der Waals surface area contributed by atoms with Gasteiger partial charge in [0.1, 0.15) is 17.3 Å². The van der Waals surface area contributed by atoms with Crippen LogP contribution in [0.3, 0.4) is 0 Å². The minimum atomic E-state index is -4.56. The number of aromatic nitrogens is 3. The molecule has 0 unspecified atom stereocenters. The minimum Gasteiger partial charge on any atom is -0.369 e. The average Bonchev–Trinajstić information content (AvgIpc) is 3.64. The molecule has 0 radical (unpaired) electrons. The maximum absolute atomic E-state index is 13.5. The van der Waals surface area contributed by atoms with Crippen LogP contribution in [0.25, 0.3) is 21.9 Å².